The van der Waals surface area contributed by atoms with Gasteiger partial charge in [0.2, 0.25) is 5.91 Å². The lowest BCUT2D eigenvalue weighted by Gasteiger charge is -2.16. The summed E-state index contributed by atoms with van der Waals surface area (Å²) in [5.74, 6) is 0.00852. The molecule has 1 unspecified atom stereocenters. The van der Waals surface area contributed by atoms with Crippen molar-refractivity contribution in [3.05, 3.63) is 60.3 Å². The van der Waals surface area contributed by atoms with Crippen LogP contribution in [-0.4, -0.2) is 16.6 Å². The number of nitrogens with zero attached hydrogens (tertiary/aromatic N) is 1. The normalized spacial score (nSPS) is 19.9. The van der Waals surface area contributed by atoms with Gasteiger partial charge >= 0.3 is 0 Å². The van der Waals surface area contributed by atoms with Gasteiger partial charge in [0, 0.05) is 29.9 Å². The second-order valence-electron chi connectivity index (χ2n) is 4.97. The van der Waals surface area contributed by atoms with Gasteiger partial charge in [-0.25, -0.2) is 4.99 Å². The molecule has 0 saturated heterocycles. The molecule has 1 amide bonds. The number of nitrogens with one attached hydrogen (secondary N) is 1. The molecule has 1 aliphatic carbocycles. The van der Waals surface area contributed by atoms with Gasteiger partial charge in [-0.2, -0.15) is 0 Å². The molecule has 1 aliphatic rings. The minimum absolute atomic E-state index is 0.148. The van der Waals surface area contributed by atoms with Crippen molar-refractivity contribution < 1.29 is 4.79 Å². The van der Waals surface area contributed by atoms with Crippen molar-refractivity contribution in [3.8, 4) is 0 Å². The van der Waals surface area contributed by atoms with Crippen LogP contribution >= 0.6 is 0 Å². The van der Waals surface area contributed by atoms with E-state index in [0.29, 0.717) is 0 Å². The van der Waals surface area contributed by atoms with Crippen LogP contribution in [0, 0.1) is 5.92 Å². The Hall–Kier alpha value is -2.42. The molecule has 1 aromatic carbocycles. The zero-order valence-corrected chi connectivity index (χ0v) is 11.3. The quantitative estimate of drug-likeness (QED) is 0.887. The number of allylic oxidation sites excluding steroid dienone is 4. The lowest BCUT2D eigenvalue weighted by Crippen LogP contribution is -2.16. The molecule has 0 fully saturated rings. The molecule has 3 nitrogen and oxygen atoms in total. The van der Waals surface area contributed by atoms with Crippen LogP contribution in [0.15, 0.2) is 59.8 Å². The molecule has 3 heteroatoms. The molecule has 2 aromatic rings. The highest BCUT2D eigenvalue weighted by Gasteiger charge is 2.16. The van der Waals surface area contributed by atoms with Crippen LogP contribution in [0.25, 0.3) is 10.9 Å². The number of fused-ring (bicyclic) bond motifs is 1. The first-order chi connectivity index (χ1) is 9.74. The predicted octanol–water partition coefficient (Wildman–Crippen LogP) is 3.44. The average Bonchev–Trinajstić information content (AvgIpc) is 2.90. The number of carbonyl (C=O) groups is 1. The first-order valence-electron chi connectivity index (χ1n) is 6.73. The van der Waals surface area contributed by atoms with E-state index in [1.165, 1.54) is 17.9 Å². The molecule has 1 aromatic heterocycles. The van der Waals surface area contributed by atoms with Crippen LogP contribution in [0.5, 0.6) is 0 Å². The summed E-state index contributed by atoms with van der Waals surface area (Å²) >= 11 is 0. The highest BCUT2D eigenvalue weighted by atomic mass is 16.1. The molecule has 0 radical (unpaired) electrons. The van der Waals surface area contributed by atoms with Gasteiger partial charge < -0.3 is 4.98 Å². The second-order valence-corrected chi connectivity index (χ2v) is 4.97. The van der Waals surface area contributed by atoms with Crippen molar-refractivity contribution in [2.45, 2.75) is 13.3 Å². The minimum atomic E-state index is -0.148. The largest absolute Gasteiger partial charge is 0.361 e. The van der Waals surface area contributed by atoms with Gasteiger partial charge in [0.1, 0.15) is 0 Å². The lowest BCUT2D eigenvalue weighted by molar-refractivity contribution is -0.115. The third-order valence-electron chi connectivity index (χ3n) is 3.51. The van der Waals surface area contributed by atoms with Crippen LogP contribution in [0.1, 0.15) is 12.5 Å². The van der Waals surface area contributed by atoms with Crippen LogP contribution in [0.2, 0.25) is 0 Å². The standard InChI is InChI=1S/C17H16N2O/c1-12(20)19-16-7-3-2-5-14(16)11-13-6-4-8-17-15(13)9-10-18-17/h2-10,14,18H,11H2,1H3. The summed E-state index contributed by atoms with van der Waals surface area (Å²) in [6, 6.07) is 8.35. The number of benzene rings is 1. The Morgan fingerprint density at radius 3 is 3.05 bits per heavy atom. The molecule has 3 rings (SSSR count). The van der Waals surface area contributed by atoms with E-state index in [1.54, 1.807) is 0 Å². The summed E-state index contributed by atoms with van der Waals surface area (Å²) in [6.07, 6.45) is 10.8. The monoisotopic (exact) mass is 264 g/mol. The number of amides is 1. The van der Waals surface area contributed by atoms with Crippen molar-refractivity contribution >= 4 is 22.5 Å². The summed E-state index contributed by atoms with van der Waals surface area (Å²) in [4.78, 5) is 18.6. The molecule has 1 heterocycles. The first-order valence-corrected chi connectivity index (χ1v) is 6.73. The number of aromatic amines is 1. The highest BCUT2D eigenvalue weighted by Crippen LogP contribution is 2.23. The first kappa shape index (κ1) is 12.6. The van der Waals surface area contributed by atoms with Crippen molar-refractivity contribution in [3.63, 3.8) is 0 Å². The lowest BCUT2D eigenvalue weighted by atomic mass is 9.90. The topological polar surface area (TPSA) is 45.2 Å². The molecular formula is C17H16N2O. The average molecular weight is 264 g/mol. The summed E-state index contributed by atoms with van der Waals surface area (Å²) < 4.78 is 0. The number of hydrogen-bond donors (Lipinski definition) is 1. The van der Waals surface area contributed by atoms with E-state index < -0.39 is 0 Å². The fourth-order valence-corrected chi connectivity index (χ4v) is 2.61. The number of carbonyl (C=O) groups excluding carboxylic acids is 1. The number of aromatic nitrogens is 1. The Bertz CT molecular complexity index is 734. The van der Waals surface area contributed by atoms with Gasteiger partial charge in [-0.15, -0.1) is 0 Å². The molecule has 20 heavy (non-hydrogen) atoms. The van der Waals surface area contributed by atoms with E-state index in [4.69, 9.17) is 0 Å². The second kappa shape index (κ2) is 5.29. The summed E-state index contributed by atoms with van der Waals surface area (Å²) in [5.41, 5.74) is 3.25. The zero-order valence-electron chi connectivity index (χ0n) is 11.3. The number of H-pyrrole nitrogens is 1. The van der Waals surface area contributed by atoms with Crippen molar-refractivity contribution in [2.24, 2.45) is 10.9 Å². The van der Waals surface area contributed by atoms with Crippen LogP contribution in [0.4, 0.5) is 0 Å². The Labute approximate surface area is 117 Å². The SMILES string of the molecule is CC(=O)N=C1C=CC=CC1Cc1cccc2[nH]ccc12. The summed E-state index contributed by atoms with van der Waals surface area (Å²) in [7, 11) is 0. The Morgan fingerprint density at radius 2 is 2.20 bits per heavy atom. The van der Waals surface area contributed by atoms with Crippen molar-refractivity contribution in [1.29, 1.82) is 0 Å². The van der Waals surface area contributed by atoms with E-state index >= 15 is 0 Å². The molecule has 0 spiro atoms. The van der Waals surface area contributed by atoms with Crippen LogP contribution in [0.3, 0.4) is 0 Å². The maximum atomic E-state index is 11.2. The fraction of sp³-hybridized carbons (Fsp3) is 0.176. The van der Waals surface area contributed by atoms with Gasteiger partial charge in [-0.1, -0.05) is 30.4 Å². The van der Waals surface area contributed by atoms with E-state index in [0.717, 1.165) is 17.6 Å². The van der Waals surface area contributed by atoms with Gasteiger partial charge in [0.05, 0.1) is 5.71 Å². The maximum Gasteiger partial charge on any atom is 0.242 e. The Balaban J connectivity index is 1.93. The van der Waals surface area contributed by atoms with E-state index in [-0.39, 0.29) is 11.8 Å². The van der Waals surface area contributed by atoms with E-state index in [9.17, 15) is 4.79 Å². The fourth-order valence-electron chi connectivity index (χ4n) is 2.61. The van der Waals surface area contributed by atoms with Gasteiger partial charge in [0.15, 0.2) is 0 Å². The van der Waals surface area contributed by atoms with Crippen molar-refractivity contribution in [2.75, 3.05) is 0 Å². The van der Waals surface area contributed by atoms with Crippen molar-refractivity contribution in [1.82, 2.24) is 4.98 Å². The Kier molecular flexibility index (Phi) is 3.33. The molecule has 1 atom stereocenters. The third-order valence-corrected chi connectivity index (χ3v) is 3.51. The number of rotatable bonds is 2. The summed E-state index contributed by atoms with van der Waals surface area (Å²) in [6.45, 7) is 1.49. The maximum absolute atomic E-state index is 11.2. The number of hydrogen-bond acceptors (Lipinski definition) is 1. The zero-order chi connectivity index (χ0) is 13.9. The van der Waals surface area contributed by atoms with E-state index in [2.05, 4.69) is 40.3 Å². The van der Waals surface area contributed by atoms with Gasteiger partial charge in [-0.3, -0.25) is 4.79 Å². The smallest absolute Gasteiger partial charge is 0.242 e. The summed E-state index contributed by atoms with van der Waals surface area (Å²) in [5, 5.41) is 1.23. The molecule has 0 aliphatic heterocycles. The minimum Gasteiger partial charge on any atom is -0.361 e. The molecule has 0 saturated carbocycles. The Morgan fingerprint density at radius 1 is 1.30 bits per heavy atom. The van der Waals surface area contributed by atoms with Crippen LogP contribution < -0.4 is 0 Å². The van der Waals surface area contributed by atoms with Crippen LogP contribution in [-0.2, 0) is 11.2 Å². The molecule has 1 N–H and O–H groups in total. The van der Waals surface area contributed by atoms with Gasteiger partial charge in [0.25, 0.3) is 0 Å². The number of aliphatic imine (C=N–C) groups is 1. The molecule has 0 bridgehead atoms. The predicted molar refractivity (Wildman–Crippen MR) is 81.9 cm³/mol. The van der Waals surface area contributed by atoms with E-state index in [1.807, 2.05) is 24.4 Å². The molecule has 100 valence electrons. The third kappa shape index (κ3) is 2.48. The van der Waals surface area contributed by atoms with Gasteiger partial charge in [-0.05, 0) is 30.2 Å². The molecular weight excluding hydrogens is 248 g/mol. The highest BCUT2D eigenvalue weighted by molar-refractivity contribution is 6.05.